The number of amides is 2. The molecule has 1 aliphatic heterocycles. The van der Waals surface area contributed by atoms with E-state index in [1.807, 2.05) is 25.7 Å². The van der Waals surface area contributed by atoms with Crippen molar-refractivity contribution in [2.45, 2.75) is 26.3 Å². The number of nitrogens with one attached hydrogen (secondary N) is 1. The summed E-state index contributed by atoms with van der Waals surface area (Å²) in [4.78, 5) is 32.9. The number of carbonyl (C=O) groups is 2. The third-order valence-corrected chi connectivity index (χ3v) is 4.49. The van der Waals surface area contributed by atoms with Crippen LogP contribution in [0.2, 0.25) is 0 Å². The number of carbonyl (C=O) groups excluding carboxylic acids is 2. The molecule has 1 aromatic heterocycles. The molecule has 1 N–H and O–H groups in total. The second kappa shape index (κ2) is 7.96. The largest absolute Gasteiger partial charge is 0.366 e. The van der Waals surface area contributed by atoms with E-state index in [0.717, 1.165) is 0 Å². The van der Waals surface area contributed by atoms with E-state index in [1.54, 1.807) is 29.2 Å². The van der Waals surface area contributed by atoms with Gasteiger partial charge in [0.1, 0.15) is 11.5 Å². The lowest BCUT2D eigenvalue weighted by Crippen LogP contribution is -2.49. The molecule has 0 unspecified atom stereocenters. The van der Waals surface area contributed by atoms with Gasteiger partial charge < -0.3 is 15.1 Å². The SMILES string of the molecule is CC(C)(C)NC(=O)c1ccnc(C(=O)N2CCN(c3ccccc3F)CC2)c1. The van der Waals surface area contributed by atoms with Crippen LogP contribution < -0.4 is 10.2 Å². The molecule has 6 nitrogen and oxygen atoms in total. The summed E-state index contributed by atoms with van der Waals surface area (Å²) in [6.45, 7) is 7.70. The van der Waals surface area contributed by atoms with Crippen LogP contribution in [0.25, 0.3) is 0 Å². The topological polar surface area (TPSA) is 65.5 Å². The molecule has 0 atom stereocenters. The Morgan fingerprint density at radius 1 is 1.07 bits per heavy atom. The zero-order valence-electron chi connectivity index (χ0n) is 16.4. The van der Waals surface area contributed by atoms with Gasteiger partial charge in [0.2, 0.25) is 0 Å². The van der Waals surface area contributed by atoms with Gasteiger partial charge in [-0.3, -0.25) is 14.6 Å². The van der Waals surface area contributed by atoms with Crippen LogP contribution in [-0.2, 0) is 0 Å². The number of aromatic nitrogens is 1. The van der Waals surface area contributed by atoms with E-state index in [4.69, 9.17) is 0 Å². The number of nitrogens with zero attached hydrogens (tertiary/aromatic N) is 3. The normalized spacial score (nSPS) is 14.7. The summed E-state index contributed by atoms with van der Waals surface area (Å²) in [7, 11) is 0. The first kappa shape index (κ1) is 19.8. The zero-order chi connectivity index (χ0) is 20.3. The number of benzene rings is 1. The molecule has 148 valence electrons. The van der Waals surface area contributed by atoms with E-state index in [2.05, 4.69) is 10.3 Å². The standard InChI is InChI=1S/C21H25FN4O2/c1-21(2,3)24-19(27)15-8-9-23-17(14-15)20(28)26-12-10-25(11-13-26)18-7-5-4-6-16(18)22/h4-9,14H,10-13H2,1-3H3,(H,24,27). The van der Waals surface area contributed by atoms with Crippen molar-refractivity contribution in [3.63, 3.8) is 0 Å². The molecule has 0 radical (unpaired) electrons. The van der Waals surface area contributed by atoms with Crippen LogP contribution in [0.5, 0.6) is 0 Å². The van der Waals surface area contributed by atoms with E-state index in [0.29, 0.717) is 37.4 Å². The first-order valence-electron chi connectivity index (χ1n) is 9.32. The highest BCUT2D eigenvalue weighted by Gasteiger charge is 2.25. The predicted molar refractivity (Wildman–Crippen MR) is 106 cm³/mol. The quantitative estimate of drug-likeness (QED) is 0.884. The van der Waals surface area contributed by atoms with E-state index in [-0.39, 0.29) is 28.9 Å². The molecule has 2 amide bonds. The van der Waals surface area contributed by atoms with Gasteiger partial charge in [-0.15, -0.1) is 0 Å². The van der Waals surface area contributed by atoms with E-state index >= 15 is 0 Å². The molecular formula is C21H25FN4O2. The molecule has 1 aromatic carbocycles. The summed E-state index contributed by atoms with van der Waals surface area (Å²) in [6.07, 6.45) is 1.47. The molecule has 28 heavy (non-hydrogen) atoms. The summed E-state index contributed by atoms with van der Waals surface area (Å²) < 4.78 is 14.0. The monoisotopic (exact) mass is 384 g/mol. The average molecular weight is 384 g/mol. The Morgan fingerprint density at radius 3 is 2.39 bits per heavy atom. The van der Waals surface area contributed by atoms with Gasteiger partial charge in [-0.25, -0.2) is 4.39 Å². The van der Waals surface area contributed by atoms with Crippen molar-refractivity contribution in [2.24, 2.45) is 0 Å². The van der Waals surface area contributed by atoms with Crippen molar-refractivity contribution in [3.8, 4) is 0 Å². The van der Waals surface area contributed by atoms with Crippen LogP contribution in [0.3, 0.4) is 0 Å². The van der Waals surface area contributed by atoms with Gasteiger partial charge in [-0.1, -0.05) is 12.1 Å². The lowest BCUT2D eigenvalue weighted by atomic mass is 10.1. The van der Waals surface area contributed by atoms with Gasteiger partial charge in [0, 0.05) is 43.5 Å². The van der Waals surface area contributed by atoms with Crippen molar-refractivity contribution >= 4 is 17.5 Å². The predicted octanol–water partition coefficient (Wildman–Crippen LogP) is 2.71. The van der Waals surface area contributed by atoms with Gasteiger partial charge in [-0.2, -0.15) is 0 Å². The molecule has 0 aliphatic carbocycles. The average Bonchev–Trinajstić information content (AvgIpc) is 2.67. The van der Waals surface area contributed by atoms with E-state index in [9.17, 15) is 14.0 Å². The number of pyridine rings is 1. The van der Waals surface area contributed by atoms with Crippen molar-refractivity contribution in [3.05, 3.63) is 59.7 Å². The zero-order valence-corrected chi connectivity index (χ0v) is 16.4. The molecule has 3 rings (SSSR count). The number of anilines is 1. The summed E-state index contributed by atoms with van der Waals surface area (Å²) in [5.41, 5.74) is 0.820. The second-order valence-electron chi connectivity index (χ2n) is 7.86. The van der Waals surface area contributed by atoms with Gasteiger partial charge in [-0.05, 0) is 45.0 Å². The van der Waals surface area contributed by atoms with Gasteiger partial charge >= 0.3 is 0 Å². The lowest BCUT2D eigenvalue weighted by molar-refractivity contribution is 0.0740. The number of hydrogen-bond acceptors (Lipinski definition) is 4. The smallest absolute Gasteiger partial charge is 0.272 e. The maximum absolute atomic E-state index is 14.0. The summed E-state index contributed by atoms with van der Waals surface area (Å²) in [6, 6.07) is 9.75. The Labute approximate surface area is 164 Å². The molecule has 1 fully saturated rings. The summed E-state index contributed by atoms with van der Waals surface area (Å²) in [5, 5.41) is 2.88. The third kappa shape index (κ3) is 4.65. The van der Waals surface area contributed by atoms with Crippen LogP contribution in [0.15, 0.2) is 42.6 Å². The summed E-state index contributed by atoms with van der Waals surface area (Å²) >= 11 is 0. The van der Waals surface area contributed by atoms with E-state index < -0.39 is 0 Å². The van der Waals surface area contributed by atoms with Crippen molar-refractivity contribution in [2.75, 3.05) is 31.1 Å². The molecule has 0 spiro atoms. The Balaban J connectivity index is 1.66. The van der Waals surface area contributed by atoms with Crippen LogP contribution in [0.4, 0.5) is 10.1 Å². The molecular weight excluding hydrogens is 359 g/mol. The molecule has 0 bridgehead atoms. The maximum Gasteiger partial charge on any atom is 0.272 e. The first-order chi connectivity index (χ1) is 13.2. The second-order valence-corrected chi connectivity index (χ2v) is 7.86. The fraction of sp³-hybridized carbons (Fsp3) is 0.381. The number of piperazine rings is 1. The Kier molecular flexibility index (Phi) is 5.63. The first-order valence-corrected chi connectivity index (χ1v) is 9.32. The Hall–Kier alpha value is -2.96. The fourth-order valence-corrected chi connectivity index (χ4v) is 3.12. The minimum atomic E-state index is -0.367. The molecule has 1 aliphatic rings. The Morgan fingerprint density at radius 2 is 1.75 bits per heavy atom. The van der Waals surface area contributed by atoms with Crippen LogP contribution in [-0.4, -0.2) is 53.4 Å². The van der Waals surface area contributed by atoms with Gasteiger partial charge in [0.25, 0.3) is 11.8 Å². The fourth-order valence-electron chi connectivity index (χ4n) is 3.12. The Bertz CT molecular complexity index is 871. The number of rotatable bonds is 3. The van der Waals surface area contributed by atoms with E-state index in [1.165, 1.54) is 18.3 Å². The van der Waals surface area contributed by atoms with Crippen LogP contribution in [0, 0.1) is 5.82 Å². The number of para-hydroxylation sites is 1. The lowest BCUT2D eigenvalue weighted by Gasteiger charge is -2.36. The van der Waals surface area contributed by atoms with Crippen LogP contribution in [0.1, 0.15) is 41.6 Å². The van der Waals surface area contributed by atoms with Crippen molar-refractivity contribution < 1.29 is 14.0 Å². The number of hydrogen-bond donors (Lipinski definition) is 1. The van der Waals surface area contributed by atoms with Crippen LogP contribution >= 0.6 is 0 Å². The maximum atomic E-state index is 14.0. The molecule has 2 heterocycles. The highest BCUT2D eigenvalue weighted by atomic mass is 19.1. The highest BCUT2D eigenvalue weighted by Crippen LogP contribution is 2.20. The van der Waals surface area contributed by atoms with Gasteiger partial charge in [0.05, 0.1) is 5.69 Å². The minimum absolute atomic E-state index is 0.224. The minimum Gasteiger partial charge on any atom is -0.366 e. The highest BCUT2D eigenvalue weighted by molar-refractivity contribution is 5.98. The van der Waals surface area contributed by atoms with Crippen molar-refractivity contribution in [1.82, 2.24) is 15.2 Å². The van der Waals surface area contributed by atoms with Gasteiger partial charge in [0.15, 0.2) is 0 Å². The number of halogens is 1. The molecule has 2 aromatic rings. The summed E-state index contributed by atoms with van der Waals surface area (Å²) in [5.74, 6) is -0.728. The third-order valence-electron chi connectivity index (χ3n) is 4.49. The molecule has 0 saturated carbocycles. The molecule has 1 saturated heterocycles. The molecule has 7 heteroatoms. The van der Waals surface area contributed by atoms with Crippen molar-refractivity contribution in [1.29, 1.82) is 0 Å².